The van der Waals surface area contributed by atoms with Crippen molar-refractivity contribution in [3.63, 3.8) is 0 Å². The molecule has 0 saturated heterocycles. The first-order valence-electron chi connectivity index (χ1n) is 13.6. The number of rotatable bonds is 10. The van der Waals surface area contributed by atoms with Crippen LogP contribution in [0.3, 0.4) is 0 Å². The summed E-state index contributed by atoms with van der Waals surface area (Å²) in [7, 11) is 3.01. The molecule has 12 nitrogen and oxygen atoms in total. The van der Waals surface area contributed by atoms with Crippen LogP contribution in [0, 0.1) is 13.8 Å². The van der Waals surface area contributed by atoms with E-state index in [-0.39, 0.29) is 24.5 Å². The Kier molecular flexibility index (Phi) is 9.61. The molecule has 43 heavy (non-hydrogen) atoms. The van der Waals surface area contributed by atoms with E-state index in [9.17, 15) is 9.59 Å². The molecule has 3 aromatic heterocycles. The molecule has 0 aliphatic carbocycles. The number of urea groups is 1. The zero-order chi connectivity index (χ0) is 31.1. The maximum absolute atomic E-state index is 13.2. The van der Waals surface area contributed by atoms with Crippen molar-refractivity contribution in [3.8, 4) is 17.3 Å². The molecule has 4 rings (SSSR count). The van der Waals surface area contributed by atoms with Crippen molar-refractivity contribution in [2.75, 3.05) is 36.8 Å². The third-order valence-electron chi connectivity index (χ3n) is 6.64. The average molecular weight is 588 g/mol. The number of hydrogen-bond donors (Lipinski definition) is 3. The summed E-state index contributed by atoms with van der Waals surface area (Å²) in [5.41, 5.74) is 4.46. The molecule has 3 heterocycles. The minimum absolute atomic E-state index is 0.0545. The number of benzene rings is 1. The van der Waals surface area contributed by atoms with Gasteiger partial charge in [0.25, 0.3) is 5.91 Å². The van der Waals surface area contributed by atoms with E-state index in [0.717, 1.165) is 22.4 Å². The van der Waals surface area contributed by atoms with Gasteiger partial charge in [0.2, 0.25) is 5.88 Å². The van der Waals surface area contributed by atoms with Crippen molar-refractivity contribution in [1.29, 1.82) is 0 Å². The molecule has 1 aromatic carbocycles. The molecule has 3 N–H and O–H groups in total. The highest BCUT2D eigenvalue weighted by atomic mass is 16.5. The number of carbonyl (C=O) groups excluding carboxylic acids is 2. The Labute approximate surface area is 250 Å². The lowest BCUT2D eigenvalue weighted by atomic mass is 9.92. The second-order valence-corrected chi connectivity index (χ2v) is 10.9. The highest BCUT2D eigenvalue weighted by Gasteiger charge is 2.22. The van der Waals surface area contributed by atoms with E-state index >= 15 is 0 Å². The van der Waals surface area contributed by atoms with Crippen molar-refractivity contribution < 1.29 is 23.8 Å². The number of nitrogens with one attached hydrogen (secondary N) is 3. The number of pyridine rings is 2. The van der Waals surface area contributed by atoms with Crippen molar-refractivity contribution in [3.05, 3.63) is 77.2 Å². The number of methoxy groups -OCH3 is 2. The molecule has 0 aliphatic rings. The molecule has 0 fully saturated rings. The van der Waals surface area contributed by atoms with Gasteiger partial charge in [0, 0.05) is 36.5 Å². The van der Waals surface area contributed by atoms with Crippen LogP contribution in [0.5, 0.6) is 11.6 Å². The fourth-order valence-corrected chi connectivity index (χ4v) is 4.11. The van der Waals surface area contributed by atoms with Gasteiger partial charge >= 0.3 is 6.03 Å². The van der Waals surface area contributed by atoms with Crippen molar-refractivity contribution >= 4 is 29.3 Å². The van der Waals surface area contributed by atoms with Crippen LogP contribution in [0.4, 0.5) is 22.1 Å². The van der Waals surface area contributed by atoms with E-state index in [0.29, 0.717) is 34.6 Å². The van der Waals surface area contributed by atoms with Gasteiger partial charge in [-0.05, 0) is 60.9 Å². The van der Waals surface area contributed by atoms with E-state index in [4.69, 9.17) is 19.3 Å². The first-order valence-corrected chi connectivity index (χ1v) is 13.6. The lowest BCUT2D eigenvalue weighted by molar-refractivity contribution is -0.119. The monoisotopic (exact) mass is 587 g/mol. The van der Waals surface area contributed by atoms with Crippen molar-refractivity contribution in [2.24, 2.45) is 0 Å². The van der Waals surface area contributed by atoms with E-state index in [2.05, 4.69) is 46.7 Å². The molecule has 4 aromatic rings. The summed E-state index contributed by atoms with van der Waals surface area (Å²) in [4.78, 5) is 33.4. The number of amides is 3. The molecule has 226 valence electrons. The predicted molar refractivity (Wildman–Crippen MR) is 164 cm³/mol. The zero-order valence-electron chi connectivity index (χ0n) is 25.4. The molecule has 0 unspecified atom stereocenters. The molecule has 0 aliphatic heterocycles. The van der Waals surface area contributed by atoms with Crippen LogP contribution in [0.15, 0.2) is 54.9 Å². The predicted octanol–water partition coefficient (Wildman–Crippen LogP) is 5.39. The summed E-state index contributed by atoms with van der Waals surface area (Å²) in [6, 6.07) is 12.2. The van der Waals surface area contributed by atoms with E-state index in [1.165, 1.54) is 7.11 Å². The number of nitrogens with zero attached hydrogens (tertiary/aromatic N) is 4. The Morgan fingerprint density at radius 2 is 1.72 bits per heavy atom. The largest absolute Gasteiger partial charge is 0.489 e. The van der Waals surface area contributed by atoms with E-state index < -0.39 is 6.03 Å². The summed E-state index contributed by atoms with van der Waals surface area (Å²) in [6.07, 6.45) is 3.24. The second kappa shape index (κ2) is 13.3. The SMILES string of the molecule is COCC(=O)Nc1cc(COc2ccc(NC(=O)Nc3cc(C(C)(C)C)nn3-c3ccc(OC)nc3)c(C)c2C)ccn1. The third-order valence-corrected chi connectivity index (χ3v) is 6.64. The second-order valence-electron chi connectivity index (χ2n) is 10.9. The Morgan fingerprint density at radius 1 is 0.930 bits per heavy atom. The normalized spacial score (nSPS) is 11.1. The summed E-state index contributed by atoms with van der Waals surface area (Å²) >= 11 is 0. The first kappa shape index (κ1) is 31.0. The minimum atomic E-state index is -0.418. The Balaban J connectivity index is 1.46. The van der Waals surface area contributed by atoms with Gasteiger partial charge in [0.15, 0.2) is 0 Å². The number of hydrogen-bond acceptors (Lipinski definition) is 8. The zero-order valence-corrected chi connectivity index (χ0v) is 25.4. The van der Waals surface area contributed by atoms with Gasteiger partial charge in [0.1, 0.15) is 30.6 Å². The number of anilines is 3. The fourth-order valence-electron chi connectivity index (χ4n) is 4.11. The fraction of sp³-hybridized carbons (Fsp3) is 0.323. The Morgan fingerprint density at radius 3 is 2.40 bits per heavy atom. The average Bonchev–Trinajstić information content (AvgIpc) is 3.40. The lowest BCUT2D eigenvalue weighted by Gasteiger charge is -2.16. The third kappa shape index (κ3) is 7.86. The van der Waals surface area contributed by atoms with Gasteiger partial charge in [-0.25, -0.2) is 19.4 Å². The molecule has 0 atom stereocenters. The van der Waals surface area contributed by atoms with Crippen LogP contribution in [-0.4, -0.2) is 52.5 Å². The molecule has 3 amide bonds. The number of carbonyl (C=O) groups is 2. The smallest absolute Gasteiger partial charge is 0.324 e. The molecular weight excluding hydrogens is 550 g/mol. The summed E-state index contributed by atoms with van der Waals surface area (Å²) in [5.74, 6) is 1.78. The Bertz CT molecular complexity index is 1590. The molecule has 0 saturated carbocycles. The number of aromatic nitrogens is 4. The van der Waals surface area contributed by atoms with Crippen molar-refractivity contribution in [2.45, 2.75) is 46.6 Å². The lowest BCUT2D eigenvalue weighted by Crippen LogP contribution is -2.22. The van der Waals surface area contributed by atoms with Crippen LogP contribution in [0.25, 0.3) is 5.69 Å². The van der Waals surface area contributed by atoms with Crippen LogP contribution in [0.2, 0.25) is 0 Å². The topological polar surface area (TPSA) is 142 Å². The molecule has 12 heteroatoms. The van der Waals surface area contributed by atoms with Gasteiger partial charge in [-0.2, -0.15) is 5.10 Å². The minimum Gasteiger partial charge on any atom is -0.489 e. The van der Waals surface area contributed by atoms with Gasteiger partial charge < -0.3 is 24.8 Å². The molecule has 0 spiro atoms. The van der Waals surface area contributed by atoms with E-state index in [1.54, 1.807) is 42.4 Å². The summed E-state index contributed by atoms with van der Waals surface area (Å²) < 4.78 is 17.7. The highest BCUT2D eigenvalue weighted by Crippen LogP contribution is 2.30. The van der Waals surface area contributed by atoms with Gasteiger partial charge in [-0.3, -0.25) is 10.1 Å². The van der Waals surface area contributed by atoms with Crippen molar-refractivity contribution in [1.82, 2.24) is 19.7 Å². The standard InChI is InChI=1S/C31H37N7O5/c1-19-20(2)24(43-17-21-12-13-32-26(14-21)35-28(39)18-41-6)10-9-23(19)34-30(40)36-27-15-25(31(3,4)5)37-38(27)22-8-11-29(42-7)33-16-22/h8-16H,17-18H2,1-7H3,(H,32,35,39)(H2,34,36,40). The van der Waals surface area contributed by atoms with Gasteiger partial charge in [-0.1, -0.05) is 20.8 Å². The van der Waals surface area contributed by atoms with E-state index in [1.807, 2.05) is 38.1 Å². The maximum atomic E-state index is 13.2. The molecule has 0 bridgehead atoms. The summed E-state index contributed by atoms with van der Waals surface area (Å²) in [5, 5.41) is 13.3. The van der Waals surface area contributed by atoms with Crippen LogP contribution in [0.1, 0.15) is 43.2 Å². The van der Waals surface area contributed by atoms with Gasteiger partial charge in [-0.15, -0.1) is 0 Å². The Hall–Kier alpha value is -4.97. The number of ether oxygens (including phenoxy) is 3. The van der Waals surface area contributed by atoms with Crippen LogP contribution < -0.4 is 25.4 Å². The van der Waals surface area contributed by atoms with Gasteiger partial charge in [0.05, 0.1) is 24.7 Å². The molecule has 0 radical (unpaired) electrons. The maximum Gasteiger partial charge on any atom is 0.324 e. The van der Waals surface area contributed by atoms with Crippen LogP contribution in [-0.2, 0) is 21.6 Å². The quantitative estimate of drug-likeness (QED) is 0.224. The van der Waals surface area contributed by atoms with Crippen LogP contribution >= 0.6 is 0 Å². The summed E-state index contributed by atoms with van der Waals surface area (Å²) in [6.45, 7) is 10.2. The first-order chi connectivity index (χ1) is 20.5. The molecular formula is C31H37N7O5. The highest BCUT2D eigenvalue weighted by molar-refractivity contribution is 6.00.